The summed E-state index contributed by atoms with van der Waals surface area (Å²) >= 11 is 5.93. The van der Waals surface area contributed by atoms with Crippen LogP contribution >= 0.6 is 11.6 Å². The van der Waals surface area contributed by atoms with E-state index >= 15 is 0 Å². The predicted octanol–water partition coefficient (Wildman–Crippen LogP) is 2.18. The number of halogens is 2. The van der Waals surface area contributed by atoms with Crippen LogP contribution in [-0.4, -0.2) is 52.1 Å². The Bertz CT molecular complexity index is 1010. The van der Waals surface area contributed by atoms with Gasteiger partial charge in [-0.15, -0.1) is 0 Å². The molecule has 0 spiro atoms. The maximum atomic E-state index is 12.9. The third kappa shape index (κ3) is 6.23. The average Bonchev–Trinajstić information content (AvgIpc) is 2.72. The number of ether oxygens (including phenoxy) is 1. The van der Waals surface area contributed by atoms with Crippen molar-refractivity contribution in [2.75, 3.05) is 27.3 Å². The van der Waals surface area contributed by atoms with Gasteiger partial charge in [0.25, 0.3) is 15.9 Å². The largest absolute Gasteiger partial charge is 0.452 e. The molecule has 0 bridgehead atoms. The number of rotatable bonds is 9. The SMILES string of the molecule is CON(C)S(=O)(=O)c1cc(C(=O)OCC(=O)NCCc2ccc(F)cc2)ccc1Cl. The van der Waals surface area contributed by atoms with Crippen molar-refractivity contribution in [1.29, 1.82) is 0 Å². The summed E-state index contributed by atoms with van der Waals surface area (Å²) in [5.41, 5.74) is 0.742. The number of nitrogens with one attached hydrogen (secondary N) is 1. The summed E-state index contributed by atoms with van der Waals surface area (Å²) in [6, 6.07) is 9.42. The molecule has 0 aliphatic rings. The first kappa shape index (κ1) is 23.7. The van der Waals surface area contributed by atoms with Crippen molar-refractivity contribution in [3.8, 4) is 0 Å². The van der Waals surface area contributed by atoms with Gasteiger partial charge in [0.2, 0.25) is 0 Å². The van der Waals surface area contributed by atoms with Crippen LogP contribution in [0, 0.1) is 5.82 Å². The molecule has 0 aromatic heterocycles. The molecule has 162 valence electrons. The average molecular weight is 459 g/mol. The van der Waals surface area contributed by atoms with Crippen molar-refractivity contribution in [3.63, 3.8) is 0 Å². The summed E-state index contributed by atoms with van der Waals surface area (Å²) in [7, 11) is -1.74. The Labute approximate surface area is 178 Å². The van der Waals surface area contributed by atoms with E-state index in [-0.39, 0.29) is 27.8 Å². The molecule has 1 N–H and O–H groups in total. The van der Waals surface area contributed by atoms with Crippen LogP contribution in [0.1, 0.15) is 15.9 Å². The zero-order valence-corrected chi connectivity index (χ0v) is 17.8. The topological polar surface area (TPSA) is 102 Å². The molecular weight excluding hydrogens is 439 g/mol. The zero-order chi connectivity index (χ0) is 22.3. The van der Waals surface area contributed by atoms with E-state index in [1.165, 1.54) is 31.3 Å². The van der Waals surface area contributed by atoms with Crippen LogP contribution in [0.4, 0.5) is 4.39 Å². The van der Waals surface area contributed by atoms with Gasteiger partial charge in [-0.25, -0.2) is 17.6 Å². The normalized spacial score (nSPS) is 11.4. The van der Waals surface area contributed by atoms with Gasteiger partial charge in [0.1, 0.15) is 10.7 Å². The van der Waals surface area contributed by atoms with Gasteiger partial charge in [0, 0.05) is 13.6 Å². The summed E-state index contributed by atoms with van der Waals surface area (Å²) in [5, 5.41) is 2.47. The molecule has 0 saturated carbocycles. The van der Waals surface area contributed by atoms with E-state index in [1.807, 2.05) is 0 Å². The highest BCUT2D eigenvalue weighted by molar-refractivity contribution is 7.89. The van der Waals surface area contributed by atoms with Gasteiger partial charge < -0.3 is 10.1 Å². The molecule has 1 amide bonds. The molecule has 0 saturated heterocycles. The molecule has 2 aromatic rings. The maximum Gasteiger partial charge on any atom is 0.338 e. The standard InChI is InChI=1S/C19H20ClFN2O6S/c1-23(28-2)30(26,27)17-11-14(5-8-16(17)20)19(25)29-12-18(24)22-10-9-13-3-6-15(21)7-4-13/h3-8,11H,9-10,12H2,1-2H3,(H,22,24). The lowest BCUT2D eigenvalue weighted by Crippen LogP contribution is -2.30. The molecule has 0 aliphatic carbocycles. The predicted molar refractivity (Wildman–Crippen MR) is 107 cm³/mol. The smallest absolute Gasteiger partial charge is 0.338 e. The molecule has 0 unspecified atom stereocenters. The lowest BCUT2D eigenvalue weighted by atomic mass is 10.1. The van der Waals surface area contributed by atoms with Crippen LogP contribution in [-0.2, 0) is 30.8 Å². The van der Waals surface area contributed by atoms with Crippen LogP contribution < -0.4 is 5.32 Å². The Balaban J connectivity index is 1.92. The van der Waals surface area contributed by atoms with Crippen molar-refractivity contribution in [2.45, 2.75) is 11.3 Å². The monoisotopic (exact) mass is 458 g/mol. The summed E-state index contributed by atoms with van der Waals surface area (Å²) in [5.74, 6) is -1.77. The Morgan fingerprint density at radius 1 is 1.17 bits per heavy atom. The summed E-state index contributed by atoms with van der Waals surface area (Å²) in [4.78, 5) is 28.4. The van der Waals surface area contributed by atoms with E-state index in [9.17, 15) is 22.4 Å². The van der Waals surface area contributed by atoms with Gasteiger partial charge in [0.05, 0.1) is 17.7 Å². The Kier molecular flexibility index (Phi) is 8.30. The molecule has 8 nitrogen and oxygen atoms in total. The quantitative estimate of drug-likeness (QED) is 0.456. The van der Waals surface area contributed by atoms with E-state index < -0.39 is 28.5 Å². The Morgan fingerprint density at radius 3 is 2.47 bits per heavy atom. The highest BCUT2D eigenvalue weighted by Crippen LogP contribution is 2.25. The summed E-state index contributed by atoms with van der Waals surface area (Å²) in [6.45, 7) is -0.278. The molecule has 2 rings (SSSR count). The fourth-order valence-corrected chi connectivity index (χ4v) is 3.80. The third-order valence-corrected chi connectivity index (χ3v) is 6.19. The number of esters is 1. The van der Waals surface area contributed by atoms with E-state index in [1.54, 1.807) is 12.1 Å². The van der Waals surface area contributed by atoms with Gasteiger partial charge in [-0.2, -0.15) is 0 Å². The van der Waals surface area contributed by atoms with Crippen molar-refractivity contribution < 1.29 is 32.0 Å². The highest BCUT2D eigenvalue weighted by atomic mass is 35.5. The first-order chi connectivity index (χ1) is 14.1. The molecule has 0 radical (unpaired) electrons. The lowest BCUT2D eigenvalue weighted by Gasteiger charge is -2.15. The number of carbonyl (C=O) groups excluding carboxylic acids is 2. The minimum Gasteiger partial charge on any atom is -0.452 e. The fourth-order valence-electron chi connectivity index (χ4n) is 2.33. The maximum absolute atomic E-state index is 12.9. The van der Waals surface area contributed by atoms with Gasteiger partial charge in [-0.1, -0.05) is 28.2 Å². The van der Waals surface area contributed by atoms with Crippen LogP contribution in [0.2, 0.25) is 5.02 Å². The molecular formula is C19H20ClFN2O6S. The fraction of sp³-hybridized carbons (Fsp3) is 0.263. The number of hydrogen-bond donors (Lipinski definition) is 1. The van der Waals surface area contributed by atoms with Gasteiger partial charge in [-0.3, -0.25) is 9.63 Å². The highest BCUT2D eigenvalue weighted by Gasteiger charge is 2.25. The van der Waals surface area contributed by atoms with E-state index in [2.05, 4.69) is 10.2 Å². The van der Waals surface area contributed by atoms with Crippen LogP contribution in [0.15, 0.2) is 47.4 Å². The lowest BCUT2D eigenvalue weighted by molar-refractivity contribution is -0.124. The molecule has 0 fully saturated rings. The van der Waals surface area contributed by atoms with E-state index in [0.717, 1.165) is 18.7 Å². The summed E-state index contributed by atoms with van der Waals surface area (Å²) < 4.78 is 43.1. The van der Waals surface area contributed by atoms with Gasteiger partial charge >= 0.3 is 5.97 Å². The first-order valence-electron chi connectivity index (χ1n) is 8.66. The minimum atomic E-state index is -4.08. The van der Waals surface area contributed by atoms with E-state index in [4.69, 9.17) is 16.3 Å². The number of benzene rings is 2. The number of hydrogen-bond acceptors (Lipinski definition) is 6. The minimum absolute atomic E-state index is 0.0957. The summed E-state index contributed by atoms with van der Waals surface area (Å²) in [6.07, 6.45) is 0.478. The van der Waals surface area contributed by atoms with Gasteiger partial charge in [0.15, 0.2) is 6.61 Å². The first-order valence-corrected chi connectivity index (χ1v) is 10.5. The number of sulfonamides is 1. The van der Waals surface area contributed by atoms with Crippen molar-refractivity contribution in [2.24, 2.45) is 0 Å². The van der Waals surface area contributed by atoms with Crippen molar-refractivity contribution >= 4 is 33.5 Å². The number of nitrogens with zero attached hydrogens (tertiary/aromatic N) is 1. The second kappa shape index (κ2) is 10.5. The number of hydroxylamine groups is 1. The molecule has 0 heterocycles. The second-order valence-corrected chi connectivity index (χ2v) is 8.36. The third-order valence-electron chi connectivity index (χ3n) is 4.02. The van der Waals surface area contributed by atoms with Crippen LogP contribution in [0.25, 0.3) is 0 Å². The van der Waals surface area contributed by atoms with Crippen molar-refractivity contribution in [1.82, 2.24) is 9.79 Å². The Morgan fingerprint density at radius 2 is 1.83 bits per heavy atom. The van der Waals surface area contributed by atoms with Crippen LogP contribution in [0.5, 0.6) is 0 Å². The molecule has 11 heteroatoms. The molecule has 2 aromatic carbocycles. The zero-order valence-electron chi connectivity index (χ0n) is 16.2. The Hall–Kier alpha value is -2.53. The van der Waals surface area contributed by atoms with Gasteiger partial charge in [-0.05, 0) is 42.3 Å². The number of carbonyl (C=O) groups is 2. The van der Waals surface area contributed by atoms with Crippen LogP contribution in [0.3, 0.4) is 0 Å². The molecule has 30 heavy (non-hydrogen) atoms. The number of amides is 1. The second-order valence-electron chi connectivity index (χ2n) is 6.05. The molecule has 0 atom stereocenters. The van der Waals surface area contributed by atoms with Crippen molar-refractivity contribution in [3.05, 3.63) is 64.4 Å². The molecule has 0 aliphatic heterocycles. The van der Waals surface area contributed by atoms with E-state index in [0.29, 0.717) is 10.9 Å².